The summed E-state index contributed by atoms with van der Waals surface area (Å²) in [5.41, 5.74) is 7.49. The van der Waals surface area contributed by atoms with Crippen LogP contribution in [-0.4, -0.2) is 90.0 Å². The highest BCUT2D eigenvalue weighted by Crippen LogP contribution is 2.35. The van der Waals surface area contributed by atoms with Gasteiger partial charge in [-0.15, -0.1) is 10.2 Å². The normalized spacial score (nSPS) is 11.7. The van der Waals surface area contributed by atoms with E-state index >= 15 is 0 Å². The molecule has 0 unspecified atom stereocenters. The smallest absolute Gasteiger partial charge is 0.285 e. The van der Waals surface area contributed by atoms with Crippen molar-refractivity contribution >= 4 is 76.9 Å². The van der Waals surface area contributed by atoms with Gasteiger partial charge in [0.1, 0.15) is 31.2 Å². The number of rotatable bonds is 19. The Morgan fingerprint density at radius 1 is 0.667 bits per heavy atom. The first-order valence-electron chi connectivity index (χ1n) is 22.4. The number of fused-ring (bicyclic) bond motifs is 2. The van der Waals surface area contributed by atoms with Gasteiger partial charge in [-0.05, 0) is 106 Å². The van der Waals surface area contributed by atoms with Crippen molar-refractivity contribution in [1.82, 2.24) is 15.4 Å². The first kappa shape index (κ1) is 51.5. The molecule has 6 aromatic carbocycles. The second-order valence-corrected chi connectivity index (χ2v) is 19.7. The fraction of sp³-hybridized carbons (Fsp3) is 0.173. The molecule has 0 radical (unpaired) electrons. The zero-order chi connectivity index (χ0) is 51.3. The van der Waals surface area contributed by atoms with Crippen molar-refractivity contribution in [2.75, 3.05) is 48.6 Å². The summed E-state index contributed by atoms with van der Waals surface area (Å²) in [5, 5.41) is 23.3. The van der Waals surface area contributed by atoms with Crippen LogP contribution in [0.1, 0.15) is 23.6 Å². The van der Waals surface area contributed by atoms with Crippen LogP contribution >= 0.6 is 0 Å². The number of sulfonamides is 2. The molecule has 8 rings (SSSR count). The summed E-state index contributed by atoms with van der Waals surface area (Å²) >= 11 is 0. The number of carbonyl (C=O) groups excluding carboxylic acids is 2. The lowest BCUT2D eigenvalue weighted by Gasteiger charge is -2.24. The Hall–Kier alpha value is -8.33. The number of carbonyl (C=O) groups is 2. The number of azo groups is 1. The van der Waals surface area contributed by atoms with Crippen molar-refractivity contribution < 1.29 is 45.7 Å². The molecule has 4 N–H and O–H groups in total. The topological polar surface area (TPSA) is 238 Å². The zero-order valence-corrected chi connectivity index (χ0v) is 41.4. The standard InChI is InChI=1S/C26H26N4O6S.C26H26N4O4S/c1-18-7-9-19(10-8-18)30(37(33,34)21-13-11-20(12-14-21)36-16-15-35-2)17-24(31)28-29-25-22-5-3-4-6-23(22)27-26(25)32;1-3-34-22-12-14-23(15-13-22)35(32,33)30(21-10-8-19(2)9-11-21)18-26(31)29-28-17-20-16-27-25-7-5-4-6-24(20)25/h3-14,27,32H,15-17H2,1-2H3;4-17,27H,3,18H2,1-2H3,(H,29,31). The van der Waals surface area contributed by atoms with E-state index in [-0.39, 0.29) is 21.4 Å². The van der Waals surface area contributed by atoms with Crippen molar-refractivity contribution in [3.05, 3.63) is 168 Å². The third-order valence-electron chi connectivity index (χ3n) is 10.8. The lowest BCUT2D eigenvalue weighted by atomic mass is 10.2. The zero-order valence-electron chi connectivity index (χ0n) is 39.7. The van der Waals surface area contributed by atoms with Crippen LogP contribution in [0.3, 0.4) is 0 Å². The van der Waals surface area contributed by atoms with E-state index in [0.717, 1.165) is 36.2 Å². The lowest BCUT2D eigenvalue weighted by Crippen LogP contribution is -2.39. The number of nitrogens with one attached hydrogen (secondary N) is 3. The van der Waals surface area contributed by atoms with E-state index in [1.54, 1.807) is 98.2 Å². The molecule has 0 saturated heterocycles. The summed E-state index contributed by atoms with van der Waals surface area (Å²) in [6.45, 7) is 5.79. The number of para-hydroxylation sites is 2. The highest BCUT2D eigenvalue weighted by Gasteiger charge is 2.29. The molecule has 8 aromatic rings. The number of nitrogens with zero attached hydrogens (tertiary/aromatic N) is 5. The Morgan fingerprint density at radius 2 is 1.19 bits per heavy atom. The van der Waals surface area contributed by atoms with Crippen molar-refractivity contribution in [1.29, 1.82) is 0 Å². The first-order chi connectivity index (χ1) is 34.7. The number of hydrogen-bond donors (Lipinski definition) is 4. The Kier molecular flexibility index (Phi) is 16.8. The molecule has 0 aliphatic heterocycles. The molecule has 0 spiro atoms. The number of H-pyrrole nitrogens is 2. The van der Waals surface area contributed by atoms with Crippen molar-refractivity contribution in [3.63, 3.8) is 0 Å². The van der Waals surface area contributed by atoms with Crippen LogP contribution in [0.2, 0.25) is 0 Å². The minimum atomic E-state index is -4.14. The maximum absolute atomic E-state index is 13.6. The van der Waals surface area contributed by atoms with Crippen LogP contribution in [0.4, 0.5) is 17.1 Å². The summed E-state index contributed by atoms with van der Waals surface area (Å²) in [6, 6.07) is 40.4. The summed E-state index contributed by atoms with van der Waals surface area (Å²) < 4.78 is 72.1. The average molecular weight is 1010 g/mol. The minimum Gasteiger partial charge on any atom is -0.494 e. The Morgan fingerprint density at radius 3 is 1.76 bits per heavy atom. The summed E-state index contributed by atoms with van der Waals surface area (Å²) in [5.74, 6) is -0.572. The monoisotopic (exact) mass is 1010 g/mol. The number of benzene rings is 6. The molecule has 0 aliphatic rings. The highest BCUT2D eigenvalue weighted by molar-refractivity contribution is 7.93. The van der Waals surface area contributed by atoms with Gasteiger partial charge >= 0.3 is 0 Å². The van der Waals surface area contributed by atoms with Gasteiger partial charge in [-0.25, -0.2) is 22.3 Å². The fourth-order valence-electron chi connectivity index (χ4n) is 7.15. The number of ether oxygens (including phenoxy) is 3. The van der Waals surface area contributed by atoms with E-state index in [2.05, 4.69) is 30.7 Å². The average Bonchev–Trinajstić information content (AvgIpc) is 3.94. The molecule has 72 heavy (non-hydrogen) atoms. The van der Waals surface area contributed by atoms with Crippen molar-refractivity contribution in [2.45, 2.75) is 30.6 Å². The van der Waals surface area contributed by atoms with Gasteiger partial charge in [0.25, 0.3) is 31.9 Å². The third kappa shape index (κ3) is 12.7. The van der Waals surface area contributed by atoms with Crippen LogP contribution in [0.25, 0.3) is 21.8 Å². The van der Waals surface area contributed by atoms with E-state index in [0.29, 0.717) is 53.6 Å². The summed E-state index contributed by atoms with van der Waals surface area (Å²) in [7, 11) is -6.62. The van der Waals surface area contributed by atoms with Gasteiger partial charge < -0.3 is 29.3 Å². The second kappa shape index (κ2) is 23.5. The van der Waals surface area contributed by atoms with Crippen LogP contribution in [0.5, 0.6) is 17.4 Å². The number of amides is 2. The predicted molar refractivity (Wildman–Crippen MR) is 276 cm³/mol. The molecule has 0 fully saturated rings. The van der Waals surface area contributed by atoms with Crippen molar-refractivity contribution in [3.8, 4) is 17.4 Å². The largest absolute Gasteiger partial charge is 0.494 e. The van der Waals surface area contributed by atoms with Crippen LogP contribution in [0, 0.1) is 13.8 Å². The number of aromatic hydroxyl groups is 1. The van der Waals surface area contributed by atoms with E-state index in [1.165, 1.54) is 42.6 Å². The van der Waals surface area contributed by atoms with E-state index < -0.39 is 45.0 Å². The van der Waals surface area contributed by atoms with Crippen LogP contribution < -0.4 is 23.5 Å². The predicted octanol–water partition coefficient (Wildman–Crippen LogP) is 8.93. The number of hydrogen-bond acceptors (Lipinski definition) is 12. The van der Waals surface area contributed by atoms with Crippen LogP contribution in [-0.2, 0) is 34.4 Å². The number of methoxy groups -OCH3 is 1. The van der Waals surface area contributed by atoms with Gasteiger partial charge in [-0.1, -0.05) is 71.8 Å². The van der Waals surface area contributed by atoms with Gasteiger partial charge in [0, 0.05) is 35.2 Å². The molecular weight excluding hydrogens is 961 g/mol. The molecule has 2 heterocycles. The van der Waals surface area contributed by atoms with Gasteiger partial charge in [0.05, 0.1) is 46.1 Å². The Balaban J connectivity index is 0.000000212. The van der Waals surface area contributed by atoms with Crippen LogP contribution in [0.15, 0.2) is 177 Å². The maximum Gasteiger partial charge on any atom is 0.285 e. The molecule has 372 valence electrons. The molecule has 20 heteroatoms. The number of aromatic nitrogens is 2. The van der Waals surface area contributed by atoms with Gasteiger partial charge in [-0.2, -0.15) is 5.10 Å². The third-order valence-corrected chi connectivity index (χ3v) is 14.4. The quantitative estimate of drug-likeness (QED) is 0.0260. The summed E-state index contributed by atoms with van der Waals surface area (Å²) in [6.07, 6.45) is 3.31. The number of aromatic amines is 2. The van der Waals surface area contributed by atoms with E-state index in [4.69, 9.17) is 14.2 Å². The molecule has 0 aliphatic carbocycles. The number of hydrazone groups is 1. The molecule has 18 nitrogen and oxygen atoms in total. The van der Waals surface area contributed by atoms with E-state index in [9.17, 15) is 31.5 Å². The van der Waals surface area contributed by atoms with Crippen molar-refractivity contribution in [2.24, 2.45) is 15.3 Å². The van der Waals surface area contributed by atoms with Gasteiger partial charge in [0.2, 0.25) is 5.88 Å². The maximum atomic E-state index is 13.6. The molecule has 0 bridgehead atoms. The Labute approximate surface area is 416 Å². The minimum absolute atomic E-state index is 0.0221. The van der Waals surface area contributed by atoms with E-state index in [1.807, 2.05) is 45.0 Å². The molecule has 2 amide bonds. The van der Waals surface area contributed by atoms with Gasteiger partial charge in [-0.3, -0.25) is 18.2 Å². The molecule has 0 atom stereocenters. The second-order valence-electron chi connectivity index (χ2n) is 16.0. The number of anilines is 2. The molecular formula is C52H52N8O10S2. The fourth-order valence-corrected chi connectivity index (χ4v) is 9.98. The summed E-state index contributed by atoms with van der Waals surface area (Å²) in [4.78, 5) is 31.5. The lowest BCUT2D eigenvalue weighted by molar-refractivity contribution is -0.119. The Bertz CT molecular complexity index is 3410. The van der Waals surface area contributed by atoms with Gasteiger partial charge in [0.15, 0.2) is 5.69 Å². The SMILES string of the molecule is CCOc1ccc(S(=O)(=O)N(CC(=O)NN=Cc2c[nH]c3ccccc23)c2ccc(C)cc2)cc1.COCCOc1ccc(S(=O)(=O)N(CC(=O)N=Nc2c(O)[nH]c3ccccc23)c2ccc(C)cc2)cc1. The molecule has 0 saturated carbocycles. The molecule has 2 aromatic heterocycles. The highest BCUT2D eigenvalue weighted by atomic mass is 32.2. The first-order valence-corrected chi connectivity index (χ1v) is 25.3. The number of aryl methyl sites for hydroxylation is 2.